The summed E-state index contributed by atoms with van der Waals surface area (Å²) in [6.45, 7) is 5.90. The van der Waals surface area contributed by atoms with Gasteiger partial charge in [-0.1, -0.05) is 32.0 Å². The summed E-state index contributed by atoms with van der Waals surface area (Å²) < 4.78 is 5.65. The van der Waals surface area contributed by atoms with Crippen molar-refractivity contribution in [3.05, 3.63) is 59.7 Å². The van der Waals surface area contributed by atoms with Gasteiger partial charge in [-0.2, -0.15) is 5.26 Å². The number of nitrogens with zero attached hydrogens (tertiary/aromatic N) is 1. The largest absolute Gasteiger partial charge is 0.457 e. The molecule has 0 aliphatic carbocycles. The minimum Gasteiger partial charge on any atom is -0.457 e. The van der Waals surface area contributed by atoms with Crippen molar-refractivity contribution in [3.63, 3.8) is 0 Å². The van der Waals surface area contributed by atoms with Gasteiger partial charge in [0.15, 0.2) is 0 Å². The van der Waals surface area contributed by atoms with E-state index in [1.54, 1.807) is 12.1 Å². The van der Waals surface area contributed by atoms with Gasteiger partial charge in [-0.25, -0.2) is 0 Å². The van der Waals surface area contributed by atoms with Crippen LogP contribution in [-0.2, 0) is 0 Å². The zero-order chi connectivity index (χ0) is 13.4. The summed E-state index contributed by atoms with van der Waals surface area (Å²) in [4.78, 5) is 0. The van der Waals surface area contributed by atoms with Gasteiger partial charge in [0.2, 0.25) is 0 Å². The maximum Gasteiger partial charge on any atom is 0.127 e. The Kier molecular flexibility index (Phi) is 5.47. The molecule has 0 spiro atoms. The predicted octanol–water partition coefficient (Wildman–Crippen LogP) is 4.69. The highest BCUT2D eigenvalue weighted by atomic mass is 16.5. The van der Waals surface area contributed by atoms with Crippen molar-refractivity contribution in [1.82, 2.24) is 0 Å². The molecule has 2 heteroatoms. The Morgan fingerprint density at radius 1 is 0.944 bits per heavy atom. The Bertz CT molecular complexity index is 527. The van der Waals surface area contributed by atoms with E-state index in [0.29, 0.717) is 5.56 Å². The Hall–Kier alpha value is -2.27. The minimum absolute atomic E-state index is 0.681. The molecule has 0 aromatic heterocycles. The van der Waals surface area contributed by atoms with Gasteiger partial charge in [-0.15, -0.1) is 0 Å². The Morgan fingerprint density at radius 2 is 1.61 bits per heavy atom. The number of nitriles is 1. The molecule has 0 saturated carbocycles. The Labute approximate surface area is 108 Å². The standard InChI is InChI=1S/C14H11NO.C2H6/c1-11-9-14(8-7-12(11)10-15)16-13-5-3-2-4-6-13;1-2/h2-9H,1H3;1-2H3. The van der Waals surface area contributed by atoms with Crippen LogP contribution in [0.2, 0.25) is 0 Å². The van der Waals surface area contributed by atoms with Crippen LogP contribution in [0.1, 0.15) is 25.0 Å². The number of aryl methyl sites for hydroxylation is 1. The van der Waals surface area contributed by atoms with Crippen LogP contribution in [0.15, 0.2) is 48.5 Å². The molecule has 2 rings (SSSR count). The lowest BCUT2D eigenvalue weighted by Crippen LogP contribution is -1.87. The van der Waals surface area contributed by atoms with Crippen LogP contribution in [-0.4, -0.2) is 0 Å². The molecule has 2 aromatic carbocycles. The van der Waals surface area contributed by atoms with E-state index < -0.39 is 0 Å². The monoisotopic (exact) mass is 239 g/mol. The third-order valence-corrected chi connectivity index (χ3v) is 2.30. The van der Waals surface area contributed by atoms with Crippen LogP contribution in [0.5, 0.6) is 11.5 Å². The second-order valence-electron chi connectivity index (χ2n) is 3.50. The highest BCUT2D eigenvalue weighted by Gasteiger charge is 2.00. The molecular weight excluding hydrogens is 222 g/mol. The molecule has 92 valence electrons. The van der Waals surface area contributed by atoms with Gasteiger partial charge in [0.1, 0.15) is 11.5 Å². The summed E-state index contributed by atoms with van der Waals surface area (Å²) in [5.74, 6) is 1.55. The Balaban J connectivity index is 0.000000771. The number of hydrogen-bond donors (Lipinski definition) is 0. The van der Waals surface area contributed by atoms with E-state index in [0.717, 1.165) is 17.1 Å². The maximum atomic E-state index is 8.81. The topological polar surface area (TPSA) is 33.0 Å². The number of ether oxygens (including phenoxy) is 1. The van der Waals surface area contributed by atoms with Gasteiger partial charge in [0.25, 0.3) is 0 Å². The quantitative estimate of drug-likeness (QED) is 0.762. The van der Waals surface area contributed by atoms with Crippen molar-refractivity contribution in [2.24, 2.45) is 0 Å². The van der Waals surface area contributed by atoms with Crippen LogP contribution >= 0.6 is 0 Å². The van der Waals surface area contributed by atoms with Gasteiger partial charge < -0.3 is 4.74 Å². The second-order valence-corrected chi connectivity index (χ2v) is 3.50. The fraction of sp³-hybridized carbons (Fsp3) is 0.188. The molecular formula is C16H17NO. The molecule has 0 aliphatic heterocycles. The van der Waals surface area contributed by atoms with Crippen molar-refractivity contribution in [1.29, 1.82) is 5.26 Å². The van der Waals surface area contributed by atoms with Crippen LogP contribution in [0.25, 0.3) is 0 Å². The molecule has 0 heterocycles. The summed E-state index contributed by atoms with van der Waals surface area (Å²) in [5, 5.41) is 8.81. The molecule has 2 nitrogen and oxygen atoms in total. The van der Waals surface area contributed by atoms with Crippen LogP contribution < -0.4 is 4.74 Å². The summed E-state index contributed by atoms with van der Waals surface area (Å²) >= 11 is 0. The van der Waals surface area contributed by atoms with Crippen molar-refractivity contribution < 1.29 is 4.74 Å². The van der Waals surface area contributed by atoms with Crippen molar-refractivity contribution in [2.75, 3.05) is 0 Å². The molecule has 0 bridgehead atoms. The first-order chi connectivity index (χ1) is 8.79. The van der Waals surface area contributed by atoms with Gasteiger partial charge in [-0.3, -0.25) is 0 Å². The van der Waals surface area contributed by atoms with Gasteiger partial charge in [0.05, 0.1) is 11.6 Å². The fourth-order valence-electron chi connectivity index (χ4n) is 1.45. The van der Waals surface area contributed by atoms with Crippen LogP contribution in [0.4, 0.5) is 0 Å². The van der Waals surface area contributed by atoms with Crippen molar-refractivity contribution in [3.8, 4) is 17.6 Å². The number of benzene rings is 2. The van der Waals surface area contributed by atoms with Gasteiger partial charge in [0, 0.05) is 0 Å². The van der Waals surface area contributed by atoms with Gasteiger partial charge >= 0.3 is 0 Å². The van der Waals surface area contributed by atoms with E-state index in [-0.39, 0.29) is 0 Å². The third kappa shape index (κ3) is 3.64. The van der Waals surface area contributed by atoms with Crippen LogP contribution in [0.3, 0.4) is 0 Å². The number of rotatable bonds is 2. The number of para-hydroxylation sites is 1. The molecule has 2 aromatic rings. The lowest BCUT2D eigenvalue weighted by atomic mass is 10.1. The normalized spacial score (nSPS) is 8.78. The molecule has 0 unspecified atom stereocenters. The van der Waals surface area contributed by atoms with E-state index in [4.69, 9.17) is 10.00 Å². The summed E-state index contributed by atoms with van der Waals surface area (Å²) in [7, 11) is 0. The molecule has 0 saturated heterocycles. The first kappa shape index (κ1) is 13.8. The van der Waals surface area contributed by atoms with E-state index in [1.165, 1.54) is 0 Å². The summed E-state index contributed by atoms with van der Waals surface area (Å²) in [6, 6.07) is 17.2. The smallest absolute Gasteiger partial charge is 0.127 e. The van der Waals surface area contributed by atoms with E-state index in [9.17, 15) is 0 Å². The summed E-state index contributed by atoms with van der Waals surface area (Å²) in [5.41, 5.74) is 1.61. The highest BCUT2D eigenvalue weighted by Crippen LogP contribution is 2.23. The average molecular weight is 239 g/mol. The lowest BCUT2D eigenvalue weighted by Gasteiger charge is -2.06. The first-order valence-electron chi connectivity index (χ1n) is 6.03. The fourth-order valence-corrected chi connectivity index (χ4v) is 1.45. The van der Waals surface area contributed by atoms with Crippen molar-refractivity contribution >= 4 is 0 Å². The summed E-state index contributed by atoms with van der Waals surface area (Å²) in [6.07, 6.45) is 0. The number of hydrogen-bond acceptors (Lipinski definition) is 2. The second kappa shape index (κ2) is 7.13. The minimum atomic E-state index is 0.681. The maximum absolute atomic E-state index is 8.81. The van der Waals surface area contributed by atoms with E-state index >= 15 is 0 Å². The molecule has 0 radical (unpaired) electrons. The molecule has 18 heavy (non-hydrogen) atoms. The molecule has 0 N–H and O–H groups in total. The zero-order valence-electron chi connectivity index (χ0n) is 11.0. The highest BCUT2D eigenvalue weighted by molar-refractivity contribution is 5.43. The molecule has 0 amide bonds. The third-order valence-electron chi connectivity index (χ3n) is 2.30. The van der Waals surface area contributed by atoms with Crippen LogP contribution in [0, 0.1) is 18.3 Å². The molecule has 0 aliphatic rings. The lowest BCUT2D eigenvalue weighted by molar-refractivity contribution is 0.482. The molecule has 0 fully saturated rings. The van der Waals surface area contributed by atoms with E-state index in [2.05, 4.69) is 6.07 Å². The molecule has 0 atom stereocenters. The van der Waals surface area contributed by atoms with Gasteiger partial charge in [-0.05, 0) is 42.8 Å². The van der Waals surface area contributed by atoms with Crippen molar-refractivity contribution in [2.45, 2.75) is 20.8 Å². The zero-order valence-corrected chi connectivity index (χ0v) is 11.0. The van der Waals surface area contributed by atoms with E-state index in [1.807, 2.05) is 57.2 Å². The Morgan fingerprint density at radius 3 is 2.17 bits per heavy atom. The average Bonchev–Trinajstić information content (AvgIpc) is 2.42. The predicted molar refractivity (Wildman–Crippen MR) is 73.8 cm³/mol. The first-order valence-corrected chi connectivity index (χ1v) is 6.03. The SMILES string of the molecule is CC.Cc1cc(Oc2ccccc2)ccc1C#N.